The quantitative estimate of drug-likeness (QED) is 0.734. The summed E-state index contributed by atoms with van der Waals surface area (Å²) in [5.41, 5.74) is -0.495. The van der Waals surface area contributed by atoms with Crippen LogP contribution in [0.1, 0.15) is 59.8 Å². The van der Waals surface area contributed by atoms with Crippen LogP contribution in [0.2, 0.25) is 0 Å². The van der Waals surface area contributed by atoms with Gasteiger partial charge in [-0.3, -0.25) is 4.79 Å². The number of carbonyl (C=O) groups excluding carboxylic acids is 1. The lowest BCUT2D eigenvalue weighted by atomic mass is 9.78. The molecule has 124 valence electrons. The molecule has 0 aromatic heterocycles. The highest BCUT2D eigenvalue weighted by molar-refractivity contribution is 5.81. The van der Waals surface area contributed by atoms with E-state index in [1.54, 1.807) is 0 Å². The van der Waals surface area contributed by atoms with Crippen LogP contribution in [0.4, 0.5) is 0 Å². The Morgan fingerprint density at radius 3 is 2.62 bits per heavy atom. The highest BCUT2D eigenvalue weighted by Gasteiger charge is 2.44. The summed E-state index contributed by atoms with van der Waals surface area (Å²) in [6.07, 6.45) is 5.16. The lowest BCUT2D eigenvalue weighted by molar-refractivity contribution is -0.153. The van der Waals surface area contributed by atoms with Gasteiger partial charge in [0.2, 0.25) is 0 Å². The summed E-state index contributed by atoms with van der Waals surface area (Å²) >= 11 is 0. The van der Waals surface area contributed by atoms with Gasteiger partial charge in [-0.05, 0) is 66.0 Å². The molecule has 3 unspecified atom stereocenters. The van der Waals surface area contributed by atoms with Gasteiger partial charge in [0.05, 0.1) is 6.61 Å². The number of nitrogens with one attached hydrogen (secondary N) is 1. The fourth-order valence-electron chi connectivity index (χ4n) is 3.59. The van der Waals surface area contributed by atoms with Gasteiger partial charge in [-0.25, -0.2) is 0 Å². The molecule has 1 aliphatic carbocycles. The molecule has 0 spiro atoms. The second kappa shape index (κ2) is 8.14. The van der Waals surface area contributed by atoms with E-state index in [1.807, 2.05) is 14.0 Å². The zero-order valence-corrected chi connectivity index (χ0v) is 14.7. The number of hydrogen-bond donors (Lipinski definition) is 1. The second-order valence-electron chi connectivity index (χ2n) is 6.95. The van der Waals surface area contributed by atoms with Crippen LogP contribution in [-0.2, 0) is 9.53 Å². The molecule has 0 aromatic carbocycles. The van der Waals surface area contributed by atoms with Gasteiger partial charge in [-0.1, -0.05) is 13.8 Å². The molecule has 1 fully saturated rings. The normalized spacial score (nSPS) is 27.9. The summed E-state index contributed by atoms with van der Waals surface area (Å²) in [5.74, 6) is 0.618. The van der Waals surface area contributed by atoms with E-state index in [0.717, 1.165) is 19.3 Å². The first-order valence-corrected chi connectivity index (χ1v) is 8.44. The van der Waals surface area contributed by atoms with E-state index in [-0.39, 0.29) is 5.97 Å². The lowest BCUT2D eigenvalue weighted by Gasteiger charge is -2.44. The van der Waals surface area contributed by atoms with Crippen molar-refractivity contribution in [3.05, 3.63) is 0 Å². The summed E-state index contributed by atoms with van der Waals surface area (Å²) in [6, 6.07) is 0.995. The summed E-state index contributed by atoms with van der Waals surface area (Å²) in [6.45, 7) is 9.15. The predicted molar refractivity (Wildman–Crippen MR) is 87.4 cm³/mol. The van der Waals surface area contributed by atoms with Crippen LogP contribution in [0, 0.1) is 5.92 Å². The molecule has 0 heterocycles. The fraction of sp³-hybridized carbons (Fsp3) is 0.941. The van der Waals surface area contributed by atoms with Crippen LogP contribution in [-0.4, -0.2) is 49.2 Å². The molecule has 1 N–H and O–H groups in total. The molecule has 3 atom stereocenters. The zero-order chi connectivity index (χ0) is 16.0. The summed E-state index contributed by atoms with van der Waals surface area (Å²) < 4.78 is 5.31. The van der Waals surface area contributed by atoms with Gasteiger partial charge >= 0.3 is 5.97 Å². The maximum Gasteiger partial charge on any atom is 0.326 e. The summed E-state index contributed by atoms with van der Waals surface area (Å²) in [7, 11) is 4.09. The van der Waals surface area contributed by atoms with Crippen molar-refractivity contribution < 1.29 is 9.53 Å². The van der Waals surface area contributed by atoms with Crippen molar-refractivity contribution in [3.8, 4) is 0 Å². The number of carbonyl (C=O) groups is 1. The molecule has 4 nitrogen and oxygen atoms in total. The zero-order valence-electron chi connectivity index (χ0n) is 14.7. The minimum Gasteiger partial charge on any atom is -0.465 e. The van der Waals surface area contributed by atoms with Crippen molar-refractivity contribution in [2.24, 2.45) is 5.92 Å². The molecular formula is C17H34N2O2. The van der Waals surface area contributed by atoms with Gasteiger partial charge in [0.15, 0.2) is 0 Å². The van der Waals surface area contributed by atoms with E-state index in [4.69, 9.17) is 4.74 Å². The molecule has 0 saturated heterocycles. The molecule has 1 saturated carbocycles. The van der Waals surface area contributed by atoms with E-state index in [1.165, 1.54) is 12.8 Å². The average molecular weight is 298 g/mol. The third-order valence-corrected chi connectivity index (χ3v) is 4.95. The van der Waals surface area contributed by atoms with Crippen LogP contribution in [0.5, 0.6) is 0 Å². The van der Waals surface area contributed by atoms with Gasteiger partial charge < -0.3 is 15.0 Å². The molecule has 0 amide bonds. The van der Waals surface area contributed by atoms with E-state index in [0.29, 0.717) is 24.6 Å². The number of rotatable bonds is 7. The Morgan fingerprint density at radius 1 is 1.43 bits per heavy atom. The minimum absolute atomic E-state index is 0.0814. The first kappa shape index (κ1) is 18.4. The first-order chi connectivity index (χ1) is 9.86. The number of nitrogens with zero attached hydrogens (tertiary/aromatic N) is 1. The summed E-state index contributed by atoms with van der Waals surface area (Å²) in [5, 5.41) is 3.27. The maximum atomic E-state index is 12.4. The molecule has 21 heavy (non-hydrogen) atoms. The number of ether oxygens (including phenoxy) is 1. The monoisotopic (exact) mass is 298 g/mol. The number of esters is 1. The van der Waals surface area contributed by atoms with E-state index < -0.39 is 5.54 Å². The van der Waals surface area contributed by atoms with Crippen molar-refractivity contribution in [1.82, 2.24) is 10.2 Å². The van der Waals surface area contributed by atoms with E-state index in [2.05, 4.69) is 38.0 Å². The van der Waals surface area contributed by atoms with Gasteiger partial charge in [-0.2, -0.15) is 0 Å². The Labute approximate surface area is 130 Å². The molecule has 1 rings (SSSR count). The van der Waals surface area contributed by atoms with Crippen LogP contribution in [0.3, 0.4) is 0 Å². The molecule has 0 bridgehead atoms. The van der Waals surface area contributed by atoms with Gasteiger partial charge in [0.25, 0.3) is 0 Å². The number of hydrogen-bond acceptors (Lipinski definition) is 4. The van der Waals surface area contributed by atoms with Crippen molar-refractivity contribution in [3.63, 3.8) is 0 Å². The Bertz CT molecular complexity index is 333. The Morgan fingerprint density at radius 2 is 2.10 bits per heavy atom. The topological polar surface area (TPSA) is 41.6 Å². The smallest absolute Gasteiger partial charge is 0.326 e. The van der Waals surface area contributed by atoms with Crippen molar-refractivity contribution in [1.29, 1.82) is 0 Å². The van der Waals surface area contributed by atoms with Crippen LogP contribution < -0.4 is 5.32 Å². The van der Waals surface area contributed by atoms with Crippen molar-refractivity contribution in [2.75, 3.05) is 20.7 Å². The van der Waals surface area contributed by atoms with Crippen LogP contribution >= 0.6 is 0 Å². The van der Waals surface area contributed by atoms with Gasteiger partial charge in [-0.15, -0.1) is 0 Å². The largest absolute Gasteiger partial charge is 0.465 e. The van der Waals surface area contributed by atoms with Crippen molar-refractivity contribution >= 4 is 5.97 Å². The molecule has 0 aliphatic heterocycles. The Kier molecular flexibility index (Phi) is 7.14. The lowest BCUT2D eigenvalue weighted by Crippen LogP contribution is -2.58. The van der Waals surface area contributed by atoms with Crippen LogP contribution in [0.25, 0.3) is 0 Å². The Balaban J connectivity index is 2.75. The first-order valence-electron chi connectivity index (χ1n) is 8.44. The summed E-state index contributed by atoms with van der Waals surface area (Å²) in [4.78, 5) is 14.8. The van der Waals surface area contributed by atoms with Gasteiger partial charge in [0, 0.05) is 12.1 Å². The highest BCUT2D eigenvalue weighted by Crippen LogP contribution is 2.33. The molecule has 4 heteroatoms. The van der Waals surface area contributed by atoms with E-state index >= 15 is 0 Å². The fourth-order valence-corrected chi connectivity index (χ4v) is 3.59. The third-order valence-electron chi connectivity index (χ3n) is 4.95. The molecular weight excluding hydrogens is 264 g/mol. The molecule has 0 radical (unpaired) electrons. The highest BCUT2D eigenvalue weighted by atomic mass is 16.5. The second-order valence-corrected chi connectivity index (χ2v) is 6.95. The van der Waals surface area contributed by atoms with E-state index in [9.17, 15) is 4.79 Å². The molecule has 0 aromatic rings. The predicted octanol–water partition coefficient (Wildman–Crippen LogP) is 2.82. The number of likely N-dealkylation sites (N-methyl/N-ethyl adjacent to an activating group) is 1. The Hall–Kier alpha value is -0.610. The van der Waals surface area contributed by atoms with Crippen LogP contribution in [0.15, 0.2) is 0 Å². The standard InChI is InChI=1S/C17H34N2O2/c1-7-21-16(20)17(18-5)10-8-9-15(12-17)19(6)14(4)11-13(2)3/h13-15,18H,7-12H2,1-6H3. The third kappa shape index (κ3) is 4.68. The SMILES string of the molecule is CCOC(=O)C1(NC)CCCC(N(C)C(C)CC(C)C)C1. The average Bonchev–Trinajstić information content (AvgIpc) is 2.45. The van der Waals surface area contributed by atoms with Gasteiger partial charge in [0.1, 0.15) is 5.54 Å². The maximum absolute atomic E-state index is 12.4. The van der Waals surface area contributed by atoms with Crippen molar-refractivity contribution in [2.45, 2.75) is 77.4 Å². The minimum atomic E-state index is -0.495. The molecule has 1 aliphatic rings.